The SMILES string of the molecule is CCc1ccc2oc(-c3ccc(NC(=S)NC(=O)c4cccc(Cl)c4)cc3)nc2c1. The molecule has 5 nitrogen and oxygen atoms in total. The molecule has 4 rings (SSSR count). The predicted octanol–water partition coefficient (Wildman–Crippen LogP) is 5.84. The Labute approximate surface area is 184 Å². The van der Waals surface area contributed by atoms with E-state index in [1.807, 2.05) is 42.5 Å². The zero-order valence-corrected chi connectivity index (χ0v) is 17.7. The van der Waals surface area contributed by atoms with Crippen LogP contribution in [0.3, 0.4) is 0 Å². The molecule has 0 aliphatic heterocycles. The van der Waals surface area contributed by atoms with Crippen LogP contribution in [0.1, 0.15) is 22.8 Å². The molecule has 1 heterocycles. The molecule has 0 aliphatic carbocycles. The standard InChI is InChI=1S/C23H18ClN3O2S/c1-2-14-6-11-20-19(12-14)26-22(29-20)15-7-9-18(10-8-15)25-23(30)27-21(28)16-4-3-5-17(24)13-16/h3-13H,2H2,1H3,(H2,25,27,28,30). The lowest BCUT2D eigenvalue weighted by molar-refractivity contribution is 0.0977. The second-order valence-corrected chi connectivity index (χ2v) is 7.52. The van der Waals surface area contributed by atoms with E-state index in [1.165, 1.54) is 5.56 Å². The number of fused-ring (bicyclic) bond motifs is 1. The average Bonchev–Trinajstić information content (AvgIpc) is 3.17. The summed E-state index contributed by atoms with van der Waals surface area (Å²) in [7, 11) is 0. The number of nitrogens with zero attached hydrogens (tertiary/aromatic N) is 1. The van der Waals surface area contributed by atoms with Crippen molar-refractivity contribution >= 4 is 51.6 Å². The van der Waals surface area contributed by atoms with Gasteiger partial charge < -0.3 is 9.73 Å². The highest BCUT2D eigenvalue weighted by Crippen LogP contribution is 2.26. The zero-order valence-electron chi connectivity index (χ0n) is 16.1. The van der Waals surface area contributed by atoms with Gasteiger partial charge in [-0.15, -0.1) is 0 Å². The van der Waals surface area contributed by atoms with Crippen LogP contribution in [0.15, 0.2) is 71.1 Å². The van der Waals surface area contributed by atoms with Gasteiger partial charge in [0, 0.05) is 21.8 Å². The van der Waals surface area contributed by atoms with Crippen LogP contribution in [0.2, 0.25) is 5.02 Å². The lowest BCUT2D eigenvalue weighted by atomic mass is 10.1. The monoisotopic (exact) mass is 435 g/mol. The van der Waals surface area contributed by atoms with Crippen molar-refractivity contribution in [1.82, 2.24) is 10.3 Å². The number of carbonyl (C=O) groups excluding carboxylic acids is 1. The maximum Gasteiger partial charge on any atom is 0.257 e. The van der Waals surface area contributed by atoms with Crippen LogP contribution in [0.5, 0.6) is 0 Å². The van der Waals surface area contributed by atoms with Crippen molar-refractivity contribution in [3.05, 3.63) is 82.9 Å². The van der Waals surface area contributed by atoms with Gasteiger partial charge in [-0.25, -0.2) is 4.98 Å². The fraction of sp³-hybridized carbons (Fsp3) is 0.0870. The van der Waals surface area contributed by atoms with Crippen molar-refractivity contribution in [2.75, 3.05) is 5.32 Å². The molecule has 4 aromatic rings. The second-order valence-electron chi connectivity index (χ2n) is 6.67. The number of halogens is 1. The normalized spacial score (nSPS) is 10.7. The van der Waals surface area contributed by atoms with Gasteiger partial charge in [0.1, 0.15) is 5.52 Å². The molecule has 150 valence electrons. The molecule has 0 unspecified atom stereocenters. The van der Waals surface area contributed by atoms with Gasteiger partial charge in [-0.05, 0) is 78.8 Å². The van der Waals surface area contributed by atoms with Gasteiger partial charge in [0.05, 0.1) is 0 Å². The molecule has 0 saturated carbocycles. The molecule has 0 aliphatic rings. The Morgan fingerprint density at radius 3 is 2.63 bits per heavy atom. The van der Waals surface area contributed by atoms with Crippen molar-refractivity contribution in [3.63, 3.8) is 0 Å². The van der Waals surface area contributed by atoms with Crippen molar-refractivity contribution < 1.29 is 9.21 Å². The van der Waals surface area contributed by atoms with E-state index in [9.17, 15) is 4.79 Å². The first-order valence-corrected chi connectivity index (χ1v) is 10.2. The minimum atomic E-state index is -0.329. The quantitative estimate of drug-likeness (QED) is 0.394. The molecule has 0 bridgehead atoms. The van der Waals surface area contributed by atoms with E-state index < -0.39 is 0 Å². The fourth-order valence-corrected chi connectivity index (χ4v) is 3.38. The van der Waals surface area contributed by atoms with Crippen LogP contribution in [0, 0.1) is 0 Å². The summed E-state index contributed by atoms with van der Waals surface area (Å²) in [5.41, 5.74) is 4.84. The van der Waals surface area contributed by atoms with E-state index in [4.69, 9.17) is 28.2 Å². The van der Waals surface area contributed by atoms with E-state index in [1.54, 1.807) is 24.3 Å². The molecule has 1 amide bonds. The highest BCUT2D eigenvalue weighted by Gasteiger charge is 2.11. The van der Waals surface area contributed by atoms with Crippen molar-refractivity contribution in [2.24, 2.45) is 0 Å². The first-order chi connectivity index (χ1) is 14.5. The van der Waals surface area contributed by atoms with E-state index in [-0.39, 0.29) is 11.0 Å². The summed E-state index contributed by atoms with van der Waals surface area (Å²) < 4.78 is 5.86. The number of amides is 1. The fourth-order valence-electron chi connectivity index (χ4n) is 2.98. The van der Waals surface area contributed by atoms with Gasteiger partial charge >= 0.3 is 0 Å². The summed E-state index contributed by atoms with van der Waals surface area (Å²) in [6.07, 6.45) is 0.951. The topological polar surface area (TPSA) is 67.2 Å². The number of rotatable bonds is 4. The Balaban J connectivity index is 1.43. The number of anilines is 1. The first-order valence-electron chi connectivity index (χ1n) is 9.39. The minimum Gasteiger partial charge on any atom is -0.436 e. The van der Waals surface area contributed by atoms with Crippen LogP contribution in [-0.4, -0.2) is 16.0 Å². The maximum absolute atomic E-state index is 12.2. The predicted molar refractivity (Wildman–Crippen MR) is 124 cm³/mol. The zero-order chi connectivity index (χ0) is 21.1. The number of hydrogen-bond acceptors (Lipinski definition) is 4. The van der Waals surface area contributed by atoms with Gasteiger partial charge in [-0.3, -0.25) is 10.1 Å². The second kappa shape index (κ2) is 8.65. The number of benzene rings is 3. The van der Waals surface area contributed by atoms with Crippen molar-refractivity contribution in [2.45, 2.75) is 13.3 Å². The molecule has 2 N–H and O–H groups in total. The van der Waals surface area contributed by atoms with E-state index in [2.05, 4.69) is 22.5 Å². The molecule has 3 aromatic carbocycles. The summed E-state index contributed by atoms with van der Waals surface area (Å²) in [6, 6.07) is 20.2. The highest BCUT2D eigenvalue weighted by atomic mass is 35.5. The van der Waals surface area contributed by atoms with Gasteiger partial charge in [0.25, 0.3) is 5.91 Å². The third kappa shape index (κ3) is 4.50. The summed E-state index contributed by atoms with van der Waals surface area (Å²) in [6.45, 7) is 2.11. The highest BCUT2D eigenvalue weighted by molar-refractivity contribution is 7.80. The molecule has 7 heteroatoms. The third-order valence-corrected chi connectivity index (χ3v) is 5.00. The first kappa shape index (κ1) is 20.1. The number of thiocarbonyl (C=S) groups is 1. The summed E-state index contributed by atoms with van der Waals surface area (Å²) in [5, 5.41) is 6.32. The number of aryl methyl sites for hydroxylation is 1. The third-order valence-electron chi connectivity index (χ3n) is 4.56. The average molecular weight is 436 g/mol. The molecule has 0 saturated heterocycles. The Bertz CT molecular complexity index is 1230. The van der Waals surface area contributed by atoms with Crippen LogP contribution in [0.4, 0.5) is 5.69 Å². The molecule has 30 heavy (non-hydrogen) atoms. The van der Waals surface area contributed by atoms with Crippen molar-refractivity contribution in [3.8, 4) is 11.5 Å². The van der Waals surface area contributed by atoms with Gasteiger partial charge in [-0.1, -0.05) is 30.7 Å². The van der Waals surface area contributed by atoms with E-state index in [0.29, 0.717) is 16.5 Å². The molecule has 1 aromatic heterocycles. The molecular formula is C23H18ClN3O2S. The lowest BCUT2D eigenvalue weighted by Gasteiger charge is -2.10. The molecule has 0 radical (unpaired) electrons. The molecule has 0 fully saturated rings. The minimum absolute atomic E-state index is 0.196. The number of oxazole rings is 1. The van der Waals surface area contributed by atoms with Crippen LogP contribution in [-0.2, 0) is 6.42 Å². The largest absolute Gasteiger partial charge is 0.436 e. The molecule has 0 spiro atoms. The smallest absolute Gasteiger partial charge is 0.257 e. The Hall–Kier alpha value is -3.22. The van der Waals surface area contributed by atoms with Gasteiger partial charge in [0.2, 0.25) is 5.89 Å². The number of aromatic nitrogens is 1. The molecule has 0 atom stereocenters. The number of carbonyl (C=O) groups is 1. The Kier molecular flexibility index (Phi) is 5.79. The summed E-state index contributed by atoms with van der Waals surface area (Å²) in [5.74, 6) is 0.228. The van der Waals surface area contributed by atoms with Gasteiger partial charge in [-0.2, -0.15) is 0 Å². The molecular weight excluding hydrogens is 418 g/mol. The Morgan fingerprint density at radius 1 is 1.10 bits per heavy atom. The van der Waals surface area contributed by atoms with Crippen LogP contribution >= 0.6 is 23.8 Å². The Morgan fingerprint density at radius 2 is 1.90 bits per heavy atom. The van der Waals surface area contributed by atoms with E-state index in [0.717, 1.165) is 28.8 Å². The number of hydrogen-bond donors (Lipinski definition) is 2. The van der Waals surface area contributed by atoms with E-state index >= 15 is 0 Å². The summed E-state index contributed by atoms with van der Waals surface area (Å²) >= 11 is 11.2. The lowest BCUT2D eigenvalue weighted by Crippen LogP contribution is -2.34. The van der Waals surface area contributed by atoms with Gasteiger partial charge in [0.15, 0.2) is 10.7 Å². The van der Waals surface area contributed by atoms with Crippen LogP contribution < -0.4 is 10.6 Å². The summed E-state index contributed by atoms with van der Waals surface area (Å²) in [4.78, 5) is 16.8. The van der Waals surface area contributed by atoms with Crippen molar-refractivity contribution in [1.29, 1.82) is 0 Å². The van der Waals surface area contributed by atoms with Crippen LogP contribution in [0.25, 0.3) is 22.6 Å². The number of nitrogens with one attached hydrogen (secondary N) is 2. The maximum atomic E-state index is 12.2.